The predicted octanol–water partition coefficient (Wildman–Crippen LogP) is 3.91. The summed E-state index contributed by atoms with van der Waals surface area (Å²) in [6.45, 7) is 2.50. The zero-order valence-electron chi connectivity index (χ0n) is 9.50. The quantitative estimate of drug-likeness (QED) is 0.858. The van der Waals surface area contributed by atoms with Gasteiger partial charge in [-0.3, -0.25) is 0 Å². The van der Waals surface area contributed by atoms with Crippen molar-refractivity contribution in [3.63, 3.8) is 0 Å². The fourth-order valence-electron chi connectivity index (χ4n) is 1.77. The molecule has 0 aliphatic heterocycles. The standard InChI is InChI=1S/C14H13ClFN/c1-9-2-3-10(8-17)6-12(9)11-4-5-14(16)13(15)7-11/h2-7H,8,17H2,1H3. The number of rotatable bonds is 2. The Kier molecular flexibility index (Phi) is 3.46. The van der Waals surface area contributed by atoms with Gasteiger partial charge in [0.15, 0.2) is 0 Å². The van der Waals surface area contributed by atoms with Crippen molar-refractivity contribution in [1.29, 1.82) is 0 Å². The Labute approximate surface area is 105 Å². The van der Waals surface area contributed by atoms with Crippen LogP contribution < -0.4 is 5.73 Å². The Bertz CT molecular complexity index is 552. The van der Waals surface area contributed by atoms with Crippen LogP contribution in [0.3, 0.4) is 0 Å². The molecule has 0 aliphatic rings. The minimum Gasteiger partial charge on any atom is -0.326 e. The molecule has 0 saturated heterocycles. The summed E-state index contributed by atoms with van der Waals surface area (Å²) in [5.41, 5.74) is 9.72. The normalized spacial score (nSPS) is 10.6. The first-order chi connectivity index (χ1) is 8.11. The lowest BCUT2D eigenvalue weighted by atomic mass is 9.98. The summed E-state index contributed by atoms with van der Waals surface area (Å²) in [7, 11) is 0. The van der Waals surface area contributed by atoms with E-state index in [0.29, 0.717) is 6.54 Å². The van der Waals surface area contributed by atoms with Crippen molar-refractivity contribution in [2.45, 2.75) is 13.5 Å². The molecule has 0 bridgehead atoms. The van der Waals surface area contributed by atoms with E-state index in [-0.39, 0.29) is 5.02 Å². The number of halogens is 2. The Balaban J connectivity index is 2.55. The van der Waals surface area contributed by atoms with E-state index in [4.69, 9.17) is 17.3 Å². The van der Waals surface area contributed by atoms with Gasteiger partial charge in [0, 0.05) is 6.54 Å². The molecule has 88 valence electrons. The van der Waals surface area contributed by atoms with Crippen molar-refractivity contribution in [3.8, 4) is 11.1 Å². The lowest BCUT2D eigenvalue weighted by Gasteiger charge is -2.09. The fraction of sp³-hybridized carbons (Fsp3) is 0.143. The van der Waals surface area contributed by atoms with Gasteiger partial charge in [0.25, 0.3) is 0 Å². The van der Waals surface area contributed by atoms with Crippen molar-refractivity contribution in [3.05, 3.63) is 58.4 Å². The summed E-state index contributed by atoms with van der Waals surface area (Å²) in [6, 6.07) is 10.8. The Morgan fingerprint density at radius 2 is 1.94 bits per heavy atom. The minimum atomic E-state index is -0.400. The van der Waals surface area contributed by atoms with E-state index in [1.165, 1.54) is 6.07 Å². The molecule has 2 aromatic carbocycles. The zero-order valence-corrected chi connectivity index (χ0v) is 10.3. The summed E-state index contributed by atoms with van der Waals surface area (Å²) in [4.78, 5) is 0. The Morgan fingerprint density at radius 1 is 1.18 bits per heavy atom. The van der Waals surface area contributed by atoms with Crippen LogP contribution in [0.15, 0.2) is 36.4 Å². The lowest BCUT2D eigenvalue weighted by Crippen LogP contribution is -1.97. The number of nitrogens with two attached hydrogens (primary N) is 1. The van der Waals surface area contributed by atoms with Crippen LogP contribution in [0.2, 0.25) is 5.02 Å². The first-order valence-corrected chi connectivity index (χ1v) is 5.74. The van der Waals surface area contributed by atoms with Crippen LogP contribution in [0, 0.1) is 12.7 Å². The Morgan fingerprint density at radius 3 is 2.59 bits per heavy atom. The number of hydrogen-bond acceptors (Lipinski definition) is 1. The highest BCUT2D eigenvalue weighted by atomic mass is 35.5. The molecule has 2 aromatic rings. The van der Waals surface area contributed by atoms with E-state index in [2.05, 4.69) is 0 Å². The van der Waals surface area contributed by atoms with Gasteiger partial charge in [0.2, 0.25) is 0 Å². The number of benzene rings is 2. The van der Waals surface area contributed by atoms with E-state index in [9.17, 15) is 4.39 Å². The predicted molar refractivity (Wildman–Crippen MR) is 69.5 cm³/mol. The van der Waals surface area contributed by atoms with Crippen molar-refractivity contribution in [2.24, 2.45) is 5.73 Å². The van der Waals surface area contributed by atoms with Gasteiger partial charge in [-0.05, 0) is 47.4 Å². The molecule has 0 unspecified atom stereocenters. The second-order valence-electron chi connectivity index (χ2n) is 3.98. The molecule has 17 heavy (non-hydrogen) atoms. The fourth-order valence-corrected chi connectivity index (χ4v) is 1.95. The van der Waals surface area contributed by atoms with Gasteiger partial charge in [-0.25, -0.2) is 4.39 Å². The molecule has 2 N–H and O–H groups in total. The third-order valence-corrected chi connectivity index (χ3v) is 3.06. The third kappa shape index (κ3) is 2.48. The maximum absolute atomic E-state index is 13.1. The van der Waals surface area contributed by atoms with Crippen LogP contribution in [0.25, 0.3) is 11.1 Å². The van der Waals surface area contributed by atoms with Crippen molar-refractivity contribution in [2.75, 3.05) is 0 Å². The molecule has 0 fully saturated rings. The van der Waals surface area contributed by atoms with Crippen LogP contribution in [0.1, 0.15) is 11.1 Å². The number of aryl methyl sites for hydroxylation is 1. The van der Waals surface area contributed by atoms with E-state index < -0.39 is 5.82 Å². The highest BCUT2D eigenvalue weighted by molar-refractivity contribution is 6.31. The summed E-state index contributed by atoms with van der Waals surface area (Å²) in [5.74, 6) is -0.400. The van der Waals surface area contributed by atoms with Crippen molar-refractivity contribution >= 4 is 11.6 Å². The van der Waals surface area contributed by atoms with Gasteiger partial charge in [0.1, 0.15) is 5.82 Å². The molecule has 0 amide bonds. The minimum absolute atomic E-state index is 0.139. The molecular weight excluding hydrogens is 237 g/mol. The van der Waals surface area contributed by atoms with Gasteiger partial charge in [0.05, 0.1) is 5.02 Å². The van der Waals surface area contributed by atoms with Gasteiger partial charge < -0.3 is 5.73 Å². The topological polar surface area (TPSA) is 26.0 Å². The molecule has 2 rings (SSSR count). The molecule has 0 radical (unpaired) electrons. The van der Waals surface area contributed by atoms with E-state index >= 15 is 0 Å². The maximum Gasteiger partial charge on any atom is 0.141 e. The smallest absolute Gasteiger partial charge is 0.141 e. The second-order valence-corrected chi connectivity index (χ2v) is 4.39. The maximum atomic E-state index is 13.1. The average molecular weight is 250 g/mol. The molecule has 0 heterocycles. The molecule has 3 heteroatoms. The van der Waals surface area contributed by atoms with Crippen LogP contribution in [-0.2, 0) is 6.54 Å². The third-order valence-electron chi connectivity index (χ3n) is 2.77. The van der Waals surface area contributed by atoms with Gasteiger partial charge in [-0.1, -0.05) is 29.8 Å². The van der Waals surface area contributed by atoms with Gasteiger partial charge in [-0.2, -0.15) is 0 Å². The van der Waals surface area contributed by atoms with Gasteiger partial charge >= 0.3 is 0 Å². The Hall–Kier alpha value is -1.38. The monoisotopic (exact) mass is 249 g/mol. The molecule has 0 spiro atoms. The lowest BCUT2D eigenvalue weighted by molar-refractivity contribution is 0.628. The average Bonchev–Trinajstić information content (AvgIpc) is 2.33. The summed E-state index contributed by atoms with van der Waals surface area (Å²) >= 11 is 5.79. The van der Waals surface area contributed by atoms with Gasteiger partial charge in [-0.15, -0.1) is 0 Å². The van der Waals surface area contributed by atoms with E-state index in [0.717, 1.165) is 22.3 Å². The highest BCUT2D eigenvalue weighted by Gasteiger charge is 2.06. The second kappa shape index (κ2) is 4.86. The van der Waals surface area contributed by atoms with Crippen molar-refractivity contribution < 1.29 is 4.39 Å². The molecule has 0 saturated carbocycles. The van der Waals surface area contributed by atoms with Crippen LogP contribution in [0.5, 0.6) is 0 Å². The van der Waals surface area contributed by atoms with Crippen molar-refractivity contribution in [1.82, 2.24) is 0 Å². The molecule has 0 aliphatic carbocycles. The summed E-state index contributed by atoms with van der Waals surface area (Å²) in [6.07, 6.45) is 0. The zero-order chi connectivity index (χ0) is 12.4. The van der Waals surface area contributed by atoms with Crippen LogP contribution in [0.4, 0.5) is 4.39 Å². The molecule has 0 aromatic heterocycles. The first-order valence-electron chi connectivity index (χ1n) is 5.37. The summed E-state index contributed by atoms with van der Waals surface area (Å²) in [5, 5.41) is 0.139. The van der Waals surface area contributed by atoms with Crippen LogP contribution in [-0.4, -0.2) is 0 Å². The van der Waals surface area contributed by atoms with E-state index in [1.54, 1.807) is 12.1 Å². The number of hydrogen-bond donors (Lipinski definition) is 1. The largest absolute Gasteiger partial charge is 0.326 e. The first kappa shape index (κ1) is 12.1. The molecule has 1 nitrogen and oxygen atoms in total. The SMILES string of the molecule is Cc1ccc(CN)cc1-c1ccc(F)c(Cl)c1. The highest BCUT2D eigenvalue weighted by Crippen LogP contribution is 2.28. The van der Waals surface area contributed by atoms with E-state index in [1.807, 2.05) is 25.1 Å². The van der Waals surface area contributed by atoms with Crippen LogP contribution >= 0.6 is 11.6 Å². The summed E-state index contributed by atoms with van der Waals surface area (Å²) < 4.78 is 13.1. The molecule has 0 atom stereocenters. The molecular formula is C14H13ClFN.